The van der Waals surface area contributed by atoms with Gasteiger partial charge in [0.1, 0.15) is 6.10 Å². The van der Waals surface area contributed by atoms with Gasteiger partial charge in [0.05, 0.1) is 18.8 Å². The summed E-state index contributed by atoms with van der Waals surface area (Å²) in [6, 6.07) is 20.4. The number of carbonyl (C=O) groups excluding carboxylic acids is 1. The second-order valence-corrected chi connectivity index (χ2v) is 7.92. The second kappa shape index (κ2) is 12.2. The number of aromatic nitrogens is 2. The lowest BCUT2D eigenvalue weighted by molar-refractivity contribution is -0.192. The fraction of sp³-hybridized carbons (Fsp3) is 0.320. The highest BCUT2D eigenvalue weighted by Gasteiger charge is 2.38. The molecule has 10 heteroatoms. The minimum Gasteiger partial charge on any atom is -0.475 e. The number of fused-ring (bicyclic) bond motifs is 1. The first-order valence-corrected chi connectivity index (χ1v) is 11.0. The van der Waals surface area contributed by atoms with Crippen LogP contribution in [0.1, 0.15) is 34.9 Å². The molecule has 0 bridgehead atoms. The first-order valence-electron chi connectivity index (χ1n) is 11.0. The molecule has 1 amide bonds. The quantitative estimate of drug-likeness (QED) is 0.525. The number of ether oxygens (including phenoxy) is 1. The fourth-order valence-corrected chi connectivity index (χ4v) is 3.54. The van der Waals surface area contributed by atoms with Gasteiger partial charge in [-0.1, -0.05) is 60.7 Å². The number of hydrogen-bond donors (Lipinski definition) is 2. The lowest BCUT2D eigenvalue weighted by Crippen LogP contribution is -2.32. The SMILES string of the molecule is O=C(CCc1ccccc1)NCC1OCCc2cn(Cc3ccccc3)nc21.O=C(O)C(F)(F)F. The van der Waals surface area contributed by atoms with E-state index in [1.165, 1.54) is 16.7 Å². The molecule has 2 aromatic carbocycles. The molecule has 0 saturated heterocycles. The number of halogens is 3. The number of hydrogen-bond acceptors (Lipinski definition) is 4. The first-order chi connectivity index (χ1) is 16.7. The van der Waals surface area contributed by atoms with E-state index in [2.05, 4.69) is 23.6 Å². The van der Waals surface area contributed by atoms with Gasteiger partial charge in [0.15, 0.2) is 0 Å². The summed E-state index contributed by atoms with van der Waals surface area (Å²) in [4.78, 5) is 21.1. The van der Waals surface area contributed by atoms with E-state index >= 15 is 0 Å². The van der Waals surface area contributed by atoms with E-state index in [1.807, 2.05) is 53.2 Å². The van der Waals surface area contributed by atoms with Crippen LogP contribution < -0.4 is 5.32 Å². The van der Waals surface area contributed by atoms with Crippen LogP contribution in [0.5, 0.6) is 0 Å². The maximum absolute atomic E-state index is 12.2. The summed E-state index contributed by atoms with van der Waals surface area (Å²) in [6.07, 6.45) is -1.07. The van der Waals surface area contributed by atoms with Crippen LogP contribution in [0.3, 0.4) is 0 Å². The Morgan fingerprint density at radius 2 is 1.66 bits per heavy atom. The van der Waals surface area contributed by atoms with E-state index in [-0.39, 0.29) is 12.0 Å². The summed E-state index contributed by atoms with van der Waals surface area (Å²) >= 11 is 0. The highest BCUT2D eigenvalue weighted by Crippen LogP contribution is 2.25. The number of amides is 1. The molecule has 0 radical (unpaired) electrons. The van der Waals surface area contributed by atoms with Crippen LogP contribution >= 0.6 is 0 Å². The molecule has 7 nitrogen and oxygen atoms in total. The van der Waals surface area contributed by atoms with Gasteiger partial charge >= 0.3 is 12.1 Å². The topological polar surface area (TPSA) is 93.5 Å². The summed E-state index contributed by atoms with van der Waals surface area (Å²) in [7, 11) is 0. The number of aryl methyl sites for hydroxylation is 1. The smallest absolute Gasteiger partial charge is 0.475 e. The van der Waals surface area contributed by atoms with Gasteiger partial charge in [-0.25, -0.2) is 4.79 Å². The predicted molar refractivity (Wildman–Crippen MR) is 122 cm³/mol. The maximum Gasteiger partial charge on any atom is 0.490 e. The zero-order chi connectivity index (χ0) is 25.3. The lowest BCUT2D eigenvalue weighted by atomic mass is 10.1. The summed E-state index contributed by atoms with van der Waals surface area (Å²) in [5.41, 5.74) is 4.55. The number of carboxylic acid groups (broad SMARTS) is 1. The molecule has 0 saturated carbocycles. The average molecular weight is 489 g/mol. The van der Waals surface area contributed by atoms with Crippen molar-refractivity contribution in [2.75, 3.05) is 13.2 Å². The number of carbonyl (C=O) groups is 2. The van der Waals surface area contributed by atoms with E-state index in [4.69, 9.17) is 19.7 Å². The van der Waals surface area contributed by atoms with Crippen molar-refractivity contribution in [3.63, 3.8) is 0 Å². The van der Waals surface area contributed by atoms with Gasteiger partial charge in [-0.05, 0) is 29.5 Å². The first kappa shape index (κ1) is 26.0. The minimum atomic E-state index is -5.08. The normalized spacial score (nSPS) is 14.9. The molecule has 0 aliphatic carbocycles. The molecule has 1 aliphatic rings. The average Bonchev–Trinajstić information content (AvgIpc) is 3.25. The minimum absolute atomic E-state index is 0.0447. The third-order valence-corrected chi connectivity index (χ3v) is 5.26. The summed E-state index contributed by atoms with van der Waals surface area (Å²) in [6.45, 7) is 1.86. The monoisotopic (exact) mass is 489 g/mol. The largest absolute Gasteiger partial charge is 0.490 e. The highest BCUT2D eigenvalue weighted by molar-refractivity contribution is 5.76. The van der Waals surface area contributed by atoms with Gasteiger partial charge < -0.3 is 15.2 Å². The number of nitrogens with zero attached hydrogens (tertiary/aromatic N) is 2. The van der Waals surface area contributed by atoms with Crippen molar-refractivity contribution in [2.24, 2.45) is 0 Å². The third kappa shape index (κ3) is 8.25. The van der Waals surface area contributed by atoms with E-state index in [0.29, 0.717) is 19.6 Å². The zero-order valence-corrected chi connectivity index (χ0v) is 18.9. The van der Waals surface area contributed by atoms with Crippen molar-refractivity contribution >= 4 is 11.9 Å². The number of rotatable bonds is 7. The van der Waals surface area contributed by atoms with Crippen LogP contribution in [0.4, 0.5) is 13.2 Å². The molecule has 1 aliphatic heterocycles. The molecule has 35 heavy (non-hydrogen) atoms. The Hall–Kier alpha value is -3.66. The molecule has 1 atom stereocenters. The van der Waals surface area contributed by atoms with Crippen molar-refractivity contribution in [2.45, 2.75) is 38.1 Å². The molecule has 186 valence electrons. The van der Waals surface area contributed by atoms with Crippen LogP contribution in [-0.4, -0.2) is 46.1 Å². The number of carboxylic acids is 1. The number of aliphatic carboxylic acids is 1. The molecule has 2 N–H and O–H groups in total. The van der Waals surface area contributed by atoms with Gasteiger partial charge in [-0.2, -0.15) is 18.3 Å². The predicted octanol–water partition coefficient (Wildman–Crippen LogP) is 3.93. The Morgan fingerprint density at radius 1 is 1.06 bits per heavy atom. The zero-order valence-electron chi connectivity index (χ0n) is 18.9. The Kier molecular flexibility index (Phi) is 9.02. The molecular weight excluding hydrogens is 463 g/mol. The highest BCUT2D eigenvalue weighted by atomic mass is 19.4. The van der Waals surface area contributed by atoms with Crippen LogP contribution in [0.25, 0.3) is 0 Å². The van der Waals surface area contributed by atoms with Crippen molar-refractivity contribution < 1.29 is 32.6 Å². The van der Waals surface area contributed by atoms with E-state index in [9.17, 15) is 18.0 Å². The van der Waals surface area contributed by atoms with Crippen molar-refractivity contribution in [3.05, 3.63) is 89.2 Å². The van der Waals surface area contributed by atoms with Gasteiger partial charge in [-0.3, -0.25) is 9.48 Å². The standard InChI is InChI=1S/C23H25N3O2.C2HF3O2/c27-22(12-11-18-7-3-1-4-8-18)24-15-21-23-20(13-14-28-21)17-26(25-23)16-19-9-5-2-6-10-19;3-2(4,5)1(6)7/h1-10,17,21H,11-16H2,(H,24,27);(H,6,7). The Morgan fingerprint density at radius 3 is 2.26 bits per heavy atom. The Bertz CT molecular complexity index is 1100. The van der Waals surface area contributed by atoms with Gasteiger partial charge in [0.25, 0.3) is 0 Å². The van der Waals surface area contributed by atoms with Crippen LogP contribution in [0, 0.1) is 0 Å². The van der Waals surface area contributed by atoms with Crippen LogP contribution in [-0.2, 0) is 33.7 Å². The Balaban J connectivity index is 0.000000429. The molecule has 2 heterocycles. The summed E-state index contributed by atoms with van der Waals surface area (Å²) < 4.78 is 39.6. The van der Waals surface area contributed by atoms with Crippen molar-refractivity contribution in [3.8, 4) is 0 Å². The maximum atomic E-state index is 12.2. The molecule has 0 spiro atoms. The van der Waals surface area contributed by atoms with E-state index in [0.717, 1.165) is 25.1 Å². The number of nitrogens with one attached hydrogen (secondary N) is 1. The Labute approximate surface area is 200 Å². The molecular formula is C25H26F3N3O4. The molecule has 1 aromatic heterocycles. The molecule has 3 aromatic rings. The van der Waals surface area contributed by atoms with Gasteiger partial charge in [0.2, 0.25) is 5.91 Å². The molecule has 0 fully saturated rings. The van der Waals surface area contributed by atoms with Gasteiger partial charge in [-0.15, -0.1) is 0 Å². The van der Waals surface area contributed by atoms with Crippen molar-refractivity contribution in [1.82, 2.24) is 15.1 Å². The fourth-order valence-electron chi connectivity index (χ4n) is 3.54. The van der Waals surface area contributed by atoms with Crippen molar-refractivity contribution in [1.29, 1.82) is 0 Å². The van der Waals surface area contributed by atoms with Crippen LogP contribution in [0.15, 0.2) is 66.9 Å². The summed E-state index contributed by atoms with van der Waals surface area (Å²) in [5, 5.41) is 14.9. The van der Waals surface area contributed by atoms with Gasteiger partial charge in [0, 0.05) is 19.2 Å². The molecule has 1 unspecified atom stereocenters. The number of alkyl halides is 3. The van der Waals surface area contributed by atoms with Crippen LogP contribution in [0.2, 0.25) is 0 Å². The second-order valence-electron chi connectivity index (χ2n) is 7.92. The van der Waals surface area contributed by atoms with E-state index in [1.54, 1.807) is 0 Å². The molecule has 4 rings (SSSR count). The number of benzene rings is 2. The van der Waals surface area contributed by atoms with E-state index < -0.39 is 12.1 Å². The third-order valence-electron chi connectivity index (χ3n) is 5.26. The summed E-state index contributed by atoms with van der Waals surface area (Å²) in [5.74, 6) is -2.71. The lowest BCUT2D eigenvalue weighted by Gasteiger charge is -2.22.